The van der Waals surface area contributed by atoms with Gasteiger partial charge in [-0.1, -0.05) is 85.1 Å². The van der Waals surface area contributed by atoms with E-state index in [1.165, 1.54) is 6.42 Å². The van der Waals surface area contributed by atoms with E-state index in [9.17, 15) is 14.4 Å². The molecule has 0 aliphatic heterocycles. The molecule has 5 atom stereocenters. The summed E-state index contributed by atoms with van der Waals surface area (Å²) in [6.45, 7) is 1.33. The highest BCUT2D eigenvalue weighted by Gasteiger charge is 2.43. The largest absolute Gasteiger partial charge is 0.354 e. The van der Waals surface area contributed by atoms with E-state index in [4.69, 9.17) is 17.3 Å². The first-order chi connectivity index (χ1) is 21.3. The van der Waals surface area contributed by atoms with E-state index in [1.54, 1.807) is 36.4 Å². The number of carbonyl (C=O) groups excluding carboxylic acids is 3. The van der Waals surface area contributed by atoms with Crippen molar-refractivity contribution >= 4 is 29.3 Å². The molecular formula is C36H43ClN4O3. The number of amides is 3. The fourth-order valence-electron chi connectivity index (χ4n) is 7.04. The quantitative estimate of drug-likeness (QED) is 0.228. The average Bonchev–Trinajstić information content (AvgIpc) is 3.05. The van der Waals surface area contributed by atoms with Crippen molar-refractivity contribution in [3.63, 3.8) is 0 Å². The van der Waals surface area contributed by atoms with E-state index in [2.05, 4.69) is 16.0 Å². The molecule has 3 aromatic rings. The van der Waals surface area contributed by atoms with Gasteiger partial charge >= 0.3 is 0 Å². The van der Waals surface area contributed by atoms with Crippen molar-refractivity contribution in [3.8, 4) is 0 Å². The van der Waals surface area contributed by atoms with Gasteiger partial charge < -0.3 is 21.7 Å². The van der Waals surface area contributed by atoms with Crippen LogP contribution in [0.2, 0.25) is 5.02 Å². The van der Waals surface area contributed by atoms with Gasteiger partial charge in [-0.25, -0.2) is 0 Å². The highest BCUT2D eigenvalue weighted by molar-refractivity contribution is 6.30. The number of carbonyl (C=O) groups is 3. The van der Waals surface area contributed by atoms with Crippen LogP contribution in [0.25, 0.3) is 0 Å². The minimum Gasteiger partial charge on any atom is -0.354 e. The molecule has 2 aliphatic rings. The molecule has 2 saturated carbocycles. The highest BCUT2D eigenvalue weighted by atomic mass is 35.5. The van der Waals surface area contributed by atoms with Crippen LogP contribution in [0, 0.1) is 17.3 Å². The number of rotatable bonds is 12. The summed E-state index contributed by atoms with van der Waals surface area (Å²) in [5.74, 6) is 0.218. The summed E-state index contributed by atoms with van der Waals surface area (Å²) in [7, 11) is 0. The third-order valence-corrected chi connectivity index (χ3v) is 9.81. The fourth-order valence-corrected chi connectivity index (χ4v) is 7.17. The maximum atomic E-state index is 13.9. The Morgan fingerprint density at radius 3 is 2.11 bits per heavy atom. The molecule has 0 radical (unpaired) electrons. The number of nitrogens with two attached hydrogens (primary N) is 1. The van der Waals surface area contributed by atoms with E-state index in [1.807, 2.05) is 48.5 Å². The van der Waals surface area contributed by atoms with Crippen molar-refractivity contribution in [2.24, 2.45) is 23.0 Å². The maximum Gasteiger partial charge on any atom is 0.251 e. The Bertz CT molecular complexity index is 1400. The lowest BCUT2D eigenvalue weighted by Crippen LogP contribution is -2.56. The molecule has 8 heteroatoms. The summed E-state index contributed by atoms with van der Waals surface area (Å²) in [6, 6.07) is 23.9. The third-order valence-electron chi connectivity index (χ3n) is 9.56. The van der Waals surface area contributed by atoms with Gasteiger partial charge in [-0.15, -0.1) is 0 Å². The fraction of sp³-hybridized carbons (Fsp3) is 0.417. The monoisotopic (exact) mass is 614 g/mol. The molecule has 3 amide bonds. The van der Waals surface area contributed by atoms with Gasteiger partial charge in [0, 0.05) is 30.0 Å². The molecule has 2 bridgehead atoms. The Morgan fingerprint density at radius 2 is 1.43 bits per heavy atom. The molecule has 0 saturated heterocycles. The van der Waals surface area contributed by atoms with Crippen molar-refractivity contribution in [2.45, 2.75) is 63.5 Å². The van der Waals surface area contributed by atoms with Crippen LogP contribution in [-0.2, 0) is 22.4 Å². The highest BCUT2D eigenvalue weighted by Crippen LogP contribution is 2.50. The predicted octanol–water partition coefficient (Wildman–Crippen LogP) is 5.07. The standard InChI is InChI=1S/C36H43ClN4O3/c37-30-15-13-26(14-16-30)21-32(40-33(42)27-10-5-2-6-11-27)35(44)41-31(20-25-8-3-1-4-9-25)34(43)39-24-36-18-7-12-28(22-36)29(23-38)17-19-36/h1-6,8-11,13-16,28-29,31-32H,7,12,17-24,38H2,(H,39,43)(H,40,42)(H,41,44)/t28?,29?,31-,32+,36?/m0/s1. The lowest BCUT2D eigenvalue weighted by atomic mass is 9.58. The van der Waals surface area contributed by atoms with Crippen LogP contribution in [0.4, 0.5) is 0 Å². The first-order valence-electron chi connectivity index (χ1n) is 15.8. The van der Waals surface area contributed by atoms with Gasteiger partial charge in [-0.05, 0) is 84.9 Å². The number of hydrogen-bond donors (Lipinski definition) is 4. The van der Waals surface area contributed by atoms with Gasteiger partial charge in [0.25, 0.3) is 5.91 Å². The van der Waals surface area contributed by atoms with Gasteiger partial charge in [0.05, 0.1) is 0 Å². The lowest BCUT2D eigenvalue weighted by Gasteiger charge is -2.49. The molecule has 0 spiro atoms. The van der Waals surface area contributed by atoms with Crippen LogP contribution in [-0.4, -0.2) is 42.9 Å². The molecule has 3 unspecified atom stereocenters. The third kappa shape index (κ3) is 8.27. The number of fused-ring (bicyclic) bond motifs is 2. The normalized spacial score (nSPS) is 22.3. The second-order valence-corrected chi connectivity index (χ2v) is 13.0. The van der Waals surface area contributed by atoms with Gasteiger partial charge in [0.15, 0.2) is 0 Å². The molecule has 232 valence electrons. The Morgan fingerprint density at radius 1 is 0.795 bits per heavy atom. The summed E-state index contributed by atoms with van der Waals surface area (Å²) in [5, 5.41) is 9.72. The molecule has 3 aromatic carbocycles. The second kappa shape index (κ2) is 14.9. The van der Waals surface area contributed by atoms with Crippen LogP contribution in [0.3, 0.4) is 0 Å². The number of halogens is 1. The summed E-state index contributed by atoms with van der Waals surface area (Å²) in [5.41, 5.74) is 8.39. The Hall–Kier alpha value is -3.68. The SMILES string of the molecule is NCC1CCC2(CNC(=O)[C@H](Cc3ccccc3)NC(=O)[C@@H](Cc3ccc(Cl)cc3)NC(=O)c3ccccc3)CCCC1C2. The second-order valence-electron chi connectivity index (χ2n) is 12.6. The molecule has 2 aliphatic carbocycles. The van der Waals surface area contributed by atoms with Gasteiger partial charge in [0.1, 0.15) is 12.1 Å². The van der Waals surface area contributed by atoms with Crippen LogP contribution >= 0.6 is 11.6 Å². The summed E-state index contributed by atoms with van der Waals surface area (Å²) in [6.07, 6.45) is 7.33. The van der Waals surface area contributed by atoms with E-state index < -0.39 is 18.0 Å². The zero-order chi connectivity index (χ0) is 30.9. The van der Waals surface area contributed by atoms with Gasteiger partial charge in [-0.3, -0.25) is 14.4 Å². The van der Waals surface area contributed by atoms with Gasteiger partial charge in [0.2, 0.25) is 11.8 Å². The van der Waals surface area contributed by atoms with Crippen molar-refractivity contribution in [3.05, 3.63) is 107 Å². The Balaban J connectivity index is 1.32. The molecular weight excluding hydrogens is 572 g/mol. The van der Waals surface area contributed by atoms with Crippen LogP contribution in [0.15, 0.2) is 84.9 Å². The number of hydrogen-bond acceptors (Lipinski definition) is 4. The smallest absolute Gasteiger partial charge is 0.251 e. The Labute approximate surface area is 265 Å². The van der Waals surface area contributed by atoms with Crippen molar-refractivity contribution in [1.82, 2.24) is 16.0 Å². The average molecular weight is 615 g/mol. The molecule has 5 rings (SSSR count). The molecule has 44 heavy (non-hydrogen) atoms. The van der Waals surface area contributed by atoms with Crippen molar-refractivity contribution in [1.29, 1.82) is 0 Å². The summed E-state index contributed by atoms with van der Waals surface area (Å²) >= 11 is 6.09. The zero-order valence-electron chi connectivity index (χ0n) is 25.1. The van der Waals surface area contributed by atoms with E-state index in [-0.39, 0.29) is 23.7 Å². The molecule has 0 aromatic heterocycles. The van der Waals surface area contributed by atoms with Crippen LogP contribution < -0.4 is 21.7 Å². The maximum absolute atomic E-state index is 13.9. The topological polar surface area (TPSA) is 113 Å². The van der Waals surface area contributed by atoms with E-state index in [0.29, 0.717) is 35.4 Å². The van der Waals surface area contributed by atoms with Crippen molar-refractivity contribution < 1.29 is 14.4 Å². The van der Waals surface area contributed by atoms with Crippen LogP contribution in [0.1, 0.15) is 60.0 Å². The predicted molar refractivity (Wildman–Crippen MR) is 174 cm³/mol. The summed E-state index contributed by atoms with van der Waals surface area (Å²) < 4.78 is 0. The molecule has 2 fully saturated rings. The van der Waals surface area contributed by atoms with Crippen LogP contribution in [0.5, 0.6) is 0 Å². The Kier molecular flexibility index (Phi) is 10.7. The van der Waals surface area contributed by atoms with Gasteiger partial charge in [-0.2, -0.15) is 0 Å². The minimum atomic E-state index is -0.904. The number of nitrogens with one attached hydrogen (secondary N) is 3. The summed E-state index contributed by atoms with van der Waals surface area (Å²) in [4.78, 5) is 40.8. The number of benzene rings is 3. The first-order valence-corrected chi connectivity index (χ1v) is 16.1. The first kappa shape index (κ1) is 31.7. The molecule has 5 N–H and O–H groups in total. The molecule has 0 heterocycles. The lowest BCUT2D eigenvalue weighted by molar-refractivity contribution is -0.130. The van der Waals surface area contributed by atoms with E-state index in [0.717, 1.165) is 49.8 Å². The van der Waals surface area contributed by atoms with Crippen molar-refractivity contribution in [2.75, 3.05) is 13.1 Å². The van der Waals surface area contributed by atoms with E-state index >= 15 is 0 Å². The molecule has 7 nitrogen and oxygen atoms in total. The zero-order valence-corrected chi connectivity index (χ0v) is 25.9. The minimum absolute atomic E-state index is 0.0896.